The Bertz CT molecular complexity index is 828. The standard InChI is InChI=1S/C25H28N2/c1-2-3-4-5-19-6-8-20(9-7-19)21-10-12-22(13-11-21)23-14-15-24(17-26)25(16-23)18-27/h10-16,19-20H,2-9H2,1H3/t19-,20-. The summed E-state index contributed by atoms with van der Waals surface area (Å²) in [5.74, 6) is 1.63. The van der Waals surface area contributed by atoms with E-state index in [2.05, 4.69) is 43.3 Å². The fourth-order valence-electron chi connectivity index (χ4n) is 4.33. The van der Waals surface area contributed by atoms with Crippen LogP contribution in [0, 0.1) is 28.6 Å². The topological polar surface area (TPSA) is 47.6 Å². The summed E-state index contributed by atoms with van der Waals surface area (Å²) in [6.45, 7) is 2.28. The molecule has 0 unspecified atom stereocenters. The second-order valence-corrected chi connectivity index (χ2v) is 7.82. The lowest BCUT2D eigenvalue weighted by molar-refractivity contribution is 0.303. The third-order valence-electron chi connectivity index (χ3n) is 6.04. The van der Waals surface area contributed by atoms with Crippen molar-refractivity contribution < 1.29 is 0 Å². The van der Waals surface area contributed by atoms with Crippen LogP contribution in [0.15, 0.2) is 42.5 Å². The van der Waals surface area contributed by atoms with Gasteiger partial charge in [0.15, 0.2) is 0 Å². The number of hydrogen-bond acceptors (Lipinski definition) is 2. The molecule has 2 heteroatoms. The lowest BCUT2D eigenvalue weighted by atomic mass is 9.77. The van der Waals surface area contributed by atoms with Gasteiger partial charge in [-0.25, -0.2) is 0 Å². The van der Waals surface area contributed by atoms with E-state index in [1.807, 2.05) is 12.1 Å². The minimum Gasteiger partial charge on any atom is -0.192 e. The molecule has 2 aromatic rings. The first-order valence-electron chi connectivity index (χ1n) is 10.3. The number of hydrogen-bond donors (Lipinski definition) is 0. The minimum absolute atomic E-state index is 0.438. The average Bonchev–Trinajstić information content (AvgIpc) is 2.74. The molecule has 0 radical (unpaired) electrons. The van der Waals surface area contributed by atoms with E-state index in [4.69, 9.17) is 5.26 Å². The highest BCUT2D eigenvalue weighted by molar-refractivity contribution is 5.67. The molecule has 3 rings (SSSR count). The first kappa shape index (κ1) is 19.2. The van der Waals surface area contributed by atoms with Gasteiger partial charge >= 0.3 is 0 Å². The summed E-state index contributed by atoms with van der Waals surface area (Å²) >= 11 is 0. The molecule has 0 spiro atoms. The van der Waals surface area contributed by atoms with Gasteiger partial charge < -0.3 is 0 Å². The Morgan fingerprint density at radius 2 is 1.48 bits per heavy atom. The molecular formula is C25H28N2. The molecule has 0 saturated heterocycles. The van der Waals surface area contributed by atoms with Crippen molar-refractivity contribution in [3.8, 4) is 23.3 Å². The van der Waals surface area contributed by atoms with Crippen molar-refractivity contribution in [2.24, 2.45) is 5.92 Å². The number of nitrogens with zero attached hydrogens (tertiary/aromatic N) is 2. The molecule has 2 aromatic carbocycles. The highest BCUT2D eigenvalue weighted by Crippen LogP contribution is 2.38. The monoisotopic (exact) mass is 356 g/mol. The summed E-state index contributed by atoms with van der Waals surface area (Å²) in [6.07, 6.45) is 10.9. The van der Waals surface area contributed by atoms with Gasteiger partial charge in [0.05, 0.1) is 11.1 Å². The molecular weight excluding hydrogens is 328 g/mol. The quantitative estimate of drug-likeness (QED) is 0.526. The van der Waals surface area contributed by atoms with E-state index in [1.165, 1.54) is 56.9 Å². The van der Waals surface area contributed by atoms with Crippen LogP contribution < -0.4 is 0 Å². The normalized spacial score (nSPS) is 19.2. The summed E-state index contributed by atoms with van der Waals surface area (Å²) in [6, 6.07) is 18.5. The fraction of sp³-hybridized carbons (Fsp3) is 0.440. The Morgan fingerprint density at radius 3 is 2.11 bits per heavy atom. The molecule has 1 saturated carbocycles. The van der Waals surface area contributed by atoms with Gasteiger partial charge in [-0.3, -0.25) is 0 Å². The predicted molar refractivity (Wildman–Crippen MR) is 110 cm³/mol. The van der Waals surface area contributed by atoms with Gasteiger partial charge in [0.1, 0.15) is 12.1 Å². The lowest BCUT2D eigenvalue weighted by Gasteiger charge is -2.29. The van der Waals surface area contributed by atoms with Crippen molar-refractivity contribution in [3.05, 3.63) is 59.2 Å². The molecule has 1 aliphatic rings. The van der Waals surface area contributed by atoms with Crippen LogP contribution in [-0.2, 0) is 0 Å². The Labute approximate surface area is 163 Å². The van der Waals surface area contributed by atoms with E-state index in [0.717, 1.165) is 17.0 Å². The molecule has 138 valence electrons. The molecule has 0 amide bonds. The third kappa shape index (κ3) is 4.78. The van der Waals surface area contributed by atoms with Crippen LogP contribution in [0.25, 0.3) is 11.1 Å². The summed E-state index contributed by atoms with van der Waals surface area (Å²) in [7, 11) is 0. The van der Waals surface area contributed by atoms with E-state index in [1.54, 1.807) is 6.07 Å². The van der Waals surface area contributed by atoms with E-state index in [-0.39, 0.29) is 0 Å². The lowest BCUT2D eigenvalue weighted by Crippen LogP contribution is -2.13. The molecule has 0 bridgehead atoms. The van der Waals surface area contributed by atoms with Gasteiger partial charge in [0, 0.05) is 0 Å². The van der Waals surface area contributed by atoms with Gasteiger partial charge in [-0.15, -0.1) is 0 Å². The van der Waals surface area contributed by atoms with Crippen molar-refractivity contribution in [2.75, 3.05) is 0 Å². The molecule has 1 aliphatic carbocycles. The van der Waals surface area contributed by atoms with Crippen LogP contribution in [0.3, 0.4) is 0 Å². The smallest absolute Gasteiger partial charge is 0.101 e. The van der Waals surface area contributed by atoms with Crippen LogP contribution in [0.2, 0.25) is 0 Å². The maximum atomic E-state index is 9.22. The fourth-order valence-corrected chi connectivity index (χ4v) is 4.33. The molecule has 2 nitrogen and oxygen atoms in total. The van der Waals surface area contributed by atoms with Crippen molar-refractivity contribution in [2.45, 2.75) is 64.2 Å². The van der Waals surface area contributed by atoms with Crippen LogP contribution >= 0.6 is 0 Å². The maximum absolute atomic E-state index is 9.22. The van der Waals surface area contributed by atoms with Gasteiger partial charge in [-0.05, 0) is 66.3 Å². The number of rotatable bonds is 6. The Kier molecular flexibility index (Phi) is 6.67. The predicted octanol–water partition coefficient (Wildman–Crippen LogP) is 6.95. The SMILES string of the molecule is CCCCC[C@H]1CC[C@H](c2ccc(-c3ccc(C#N)c(C#N)c3)cc2)CC1. The Morgan fingerprint density at radius 1 is 0.815 bits per heavy atom. The van der Waals surface area contributed by atoms with E-state index >= 15 is 0 Å². The van der Waals surface area contributed by atoms with E-state index < -0.39 is 0 Å². The molecule has 0 heterocycles. The van der Waals surface area contributed by atoms with Crippen LogP contribution in [0.1, 0.15) is 80.9 Å². The average molecular weight is 357 g/mol. The van der Waals surface area contributed by atoms with E-state index in [0.29, 0.717) is 17.0 Å². The van der Waals surface area contributed by atoms with Crippen molar-refractivity contribution in [1.29, 1.82) is 10.5 Å². The Balaban J connectivity index is 1.63. The number of unbranched alkanes of at least 4 members (excludes halogenated alkanes) is 2. The van der Waals surface area contributed by atoms with E-state index in [9.17, 15) is 5.26 Å². The Hall–Kier alpha value is -2.58. The van der Waals surface area contributed by atoms with Crippen molar-refractivity contribution >= 4 is 0 Å². The molecule has 0 aromatic heterocycles. The number of nitriles is 2. The molecule has 1 fully saturated rings. The van der Waals surface area contributed by atoms with Crippen molar-refractivity contribution in [1.82, 2.24) is 0 Å². The second kappa shape index (κ2) is 9.38. The van der Waals surface area contributed by atoms with Crippen LogP contribution in [0.4, 0.5) is 0 Å². The van der Waals surface area contributed by atoms with Gasteiger partial charge in [-0.2, -0.15) is 10.5 Å². The zero-order valence-electron chi connectivity index (χ0n) is 16.2. The highest BCUT2D eigenvalue weighted by atomic mass is 14.3. The van der Waals surface area contributed by atoms with Crippen LogP contribution in [-0.4, -0.2) is 0 Å². The van der Waals surface area contributed by atoms with Gasteiger partial charge in [-0.1, -0.05) is 62.9 Å². The second-order valence-electron chi connectivity index (χ2n) is 7.82. The summed E-state index contributed by atoms with van der Waals surface area (Å²) in [5, 5.41) is 18.3. The minimum atomic E-state index is 0.438. The van der Waals surface area contributed by atoms with Crippen molar-refractivity contribution in [3.63, 3.8) is 0 Å². The largest absolute Gasteiger partial charge is 0.192 e. The summed E-state index contributed by atoms with van der Waals surface area (Å²) in [4.78, 5) is 0. The molecule has 0 aliphatic heterocycles. The van der Waals surface area contributed by atoms with Gasteiger partial charge in [0.2, 0.25) is 0 Å². The first-order chi connectivity index (χ1) is 13.2. The zero-order valence-corrected chi connectivity index (χ0v) is 16.2. The molecule has 0 N–H and O–H groups in total. The third-order valence-corrected chi connectivity index (χ3v) is 6.04. The molecule has 0 atom stereocenters. The highest BCUT2D eigenvalue weighted by Gasteiger charge is 2.22. The maximum Gasteiger partial charge on any atom is 0.101 e. The summed E-state index contributed by atoms with van der Waals surface area (Å²) in [5.41, 5.74) is 4.43. The molecule has 27 heavy (non-hydrogen) atoms. The van der Waals surface area contributed by atoms with Crippen LogP contribution in [0.5, 0.6) is 0 Å². The first-order valence-corrected chi connectivity index (χ1v) is 10.3. The summed E-state index contributed by atoms with van der Waals surface area (Å²) < 4.78 is 0. The number of benzene rings is 2. The zero-order chi connectivity index (χ0) is 19.1. The van der Waals surface area contributed by atoms with Gasteiger partial charge in [0.25, 0.3) is 0 Å².